The summed E-state index contributed by atoms with van der Waals surface area (Å²) in [6.45, 7) is 2.59. The van der Waals surface area contributed by atoms with Crippen molar-refractivity contribution in [2.45, 2.75) is 19.4 Å². The second-order valence-corrected chi connectivity index (χ2v) is 7.48. The van der Waals surface area contributed by atoms with Crippen LogP contribution < -0.4 is 11.1 Å². The van der Waals surface area contributed by atoms with Gasteiger partial charge in [0.25, 0.3) is 0 Å². The molecule has 152 valence electrons. The van der Waals surface area contributed by atoms with Gasteiger partial charge in [-0.3, -0.25) is 4.98 Å². The third-order valence-electron chi connectivity index (χ3n) is 4.97. The molecule has 4 N–H and O–H groups in total. The third kappa shape index (κ3) is 4.06. The van der Waals surface area contributed by atoms with Gasteiger partial charge in [-0.2, -0.15) is 0 Å². The van der Waals surface area contributed by atoms with Gasteiger partial charge in [0, 0.05) is 46.5 Å². The van der Waals surface area contributed by atoms with Crippen LogP contribution >= 0.6 is 11.6 Å². The number of para-hydroxylation sites is 1. The summed E-state index contributed by atoms with van der Waals surface area (Å²) in [6.07, 6.45) is 4.35. The Morgan fingerprint density at radius 3 is 2.73 bits per heavy atom. The number of hydrogen-bond acceptors (Lipinski definition) is 6. The summed E-state index contributed by atoms with van der Waals surface area (Å²) in [5, 5.41) is 15.2. The van der Waals surface area contributed by atoms with Crippen LogP contribution in [0.1, 0.15) is 13.3 Å². The molecule has 1 atom stereocenters. The Morgan fingerprint density at radius 1 is 1.07 bits per heavy atom. The van der Waals surface area contributed by atoms with E-state index in [1.54, 1.807) is 24.5 Å². The van der Waals surface area contributed by atoms with Crippen molar-refractivity contribution in [3.8, 4) is 28.3 Å². The van der Waals surface area contributed by atoms with Crippen LogP contribution in [-0.2, 0) is 0 Å². The fourth-order valence-electron chi connectivity index (χ4n) is 3.22. The van der Waals surface area contributed by atoms with Gasteiger partial charge in [0.2, 0.25) is 0 Å². The topological polar surface area (TPSA) is 97.0 Å². The van der Waals surface area contributed by atoms with E-state index in [1.807, 2.05) is 37.3 Å². The number of aromatic hydroxyl groups is 1. The number of rotatable bonds is 6. The van der Waals surface area contributed by atoms with Crippen molar-refractivity contribution in [1.29, 1.82) is 0 Å². The van der Waals surface area contributed by atoms with Crippen LogP contribution in [0.15, 0.2) is 60.9 Å². The highest BCUT2D eigenvalue weighted by atomic mass is 35.5. The Labute approximate surface area is 179 Å². The second-order valence-electron chi connectivity index (χ2n) is 7.05. The van der Waals surface area contributed by atoms with Crippen LogP contribution in [0.2, 0.25) is 5.02 Å². The van der Waals surface area contributed by atoms with Crippen molar-refractivity contribution in [3.05, 3.63) is 65.9 Å². The average molecular weight is 420 g/mol. The number of anilines is 1. The standard InChI is InChI=1S/C23H22ClN5O/c1-2-16(25)12-27-23-19(17-7-3-5-14-6-4-10-26-21(14)17)13-28-22(29-23)18-11-15(24)8-9-20(18)30/h3-11,13,16,30H,2,12,25H2,1H3,(H,27,28,29)/t16-/m0/s1. The molecular weight excluding hydrogens is 398 g/mol. The summed E-state index contributed by atoms with van der Waals surface area (Å²) in [5.74, 6) is 1.07. The monoisotopic (exact) mass is 419 g/mol. The first kappa shape index (κ1) is 20.1. The number of pyridine rings is 1. The van der Waals surface area contributed by atoms with Crippen molar-refractivity contribution in [3.63, 3.8) is 0 Å². The molecule has 0 unspecified atom stereocenters. The molecule has 7 heteroatoms. The van der Waals surface area contributed by atoms with Gasteiger partial charge in [-0.05, 0) is 30.7 Å². The lowest BCUT2D eigenvalue weighted by Gasteiger charge is -2.16. The number of phenols is 1. The number of aromatic nitrogens is 3. The van der Waals surface area contributed by atoms with Crippen LogP contribution in [0.3, 0.4) is 0 Å². The molecule has 2 heterocycles. The summed E-state index contributed by atoms with van der Waals surface area (Å²) in [5.41, 5.74) is 9.18. The number of nitrogens with zero attached hydrogens (tertiary/aromatic N) is 3. The van der Waals surface area contributed by atoms with Crippen molar-refractivity contribution < 1.29 is 5.11 Å². The van der Waals surface area contributed by atoms with E-state index in [0.717, 1.165) is 28.5 Å². The predicted octanol–water partition coefficient (Wildman–Crippen LogP) is 4.87. The SMILES string of the molecule is CC[C@H](N)CNc1nc(-c2cc(Cl)ccc2O)ncc1-c1cccc2cccnc12. The number of nitrogens with two attached hydrogens (primary N) is 1. The molecule has 0 fully saturated rings. The lowest BCUT2D eigenvalue weighted by molar-refractivity contribution is 0.477. The van der Waals surface area contributed by atoms with E-state index in [4.69, 9.17) is 22.3 Å². The number of nitrogens with one attached hydrogen (secondary N) is 1. The molecule has 6 nitrogen and oxygen atoms in total. The van der Waals surface area contributed by atoms with E-state index < -0.39 is 0 Å². The van der Waals surface area contributed by atoms with Gasteiger partial charge in [0.15, 0.2) is 5.82 Å². The minimum atomic E-state index is -0.0125. The largest absolute Gasteiger partial charge is 0.507 e. The predicted molar refractivity (Wildman–Crippen MR) is 122 cm³/mol. The van der Waals surface area contributed by atoms with Crippen molar-refractivity contribution in [1.82, 2.24) is 15.0 Å². The van der Waals surface area contributed by atoms with Gasteiger partial charge in [0.1, 0.15) is 11.6 Å². The van der Waals surface area contributed by atoms with Crippen molar-refractivity contribution in [2.75, 3.05) is 11.9 Å². The molecule has 0 aliphatic heterocycles. The average Bonchev–Trinajstić information content (AvgIpc) is 2.78. The van der Waals surface area contributed by atoms with Crippen molar-refractivity contribution >= 4 is 28.3 Å². The summed E-state index contributed by atoms with van der Waals surface area (Å²) < 4.78 is 0. The molecule has 0 spiro atoms. The minimum absolute atomic E-state index is 0.0125. The Hall–Kier alpha value is -3.22. The maximum absolute atomic E-state index is 10.3. The number of fused-ring (bicyclic) bond motifs is 1. The number of hydrogen-bond donors (Lipinski definition) is 3. The highest BCUT2D eigenvalue weighted by molar-refractivity contribution is 6.30. The lowest BCUT2D eigenvalue weighted by atomic mass is 10.0. The van der Waals surface area contributed by atoms with Crippen LogP contribution in [0.4, 0.5) is 5.82 Å². The number of phenolic OH excluding ortho intramolecular Hbond substituents is 1. The Kier molecular flexibility index (Phi) is 5.79. The fourth-order valence-corrected chi connectivity index (χ4v) is 3.40. The molecule has 30 heavy (non-hydrogen) atoms. The maximum Gasteiger partial charge on any atom is 0.165 e. The summed E-state index contributed by atoms with van der Waals surface area (Å²) in [4.78, 5) is 13.8. The zero-order chi connectivity index (χ0) is 21.1. The molecule has 0 saturated heterocycles. The van der Waals surface area contributed by atoms with Crippen LogP contribution in [0.25, 0.3) is 33.4 Å². The highest BCUT2D eigenvalue weighted by Gasteiger charge is 2.16. The zero-order valence-electron chi connectivity index (χ0n) is 16.5. The van der Waals surface area contributed by atoms with E-state index in [-0.39, 0.29) is 11.8 Å². The van der Waals surface area contributed by atoms with E-state index in [9.17, 15) is 5.11 Å². The first-order chi connectivity index (χ1) is 14.6. The molecule has 4 rings (SSSR count). The molecule has 0 radical (unpaired) electrons. The molecule has 0 saturated carbocycles. The van der Waals surface area contributed by atoms with Crippen LogP contribution in [0, 0.1) is 0 Å². The van der Waals surface area contributed by atoms with E-state index in [2.05, 4.69) is 15.3 Å². The maximum atomic E-state index is 10.3. The second kappa shape index (κ2) is 8.65. The zero-order valence-corrected chi connectivity index (χ0v) is 17.3. The van der Waals surface area contributed by atoms with E-state index in [0.29, 0.717) is 28.8 Å². The molecule has 0 bridgehead atoms. The Morgan fingerprint density at radius 2 is 1.90 bits per heavy atom. The van der Waals surface area contributed by atoms with Crippen molar-refractivity contribution in [2.24, 2.45) is 5.73 Å². The summed E-state index contributed by atoms with van der Waals surface area (Å²) in [7, 11) is 0. The number of benzene rings is 2. The van der Waals surface area contributed by atoms with Gasteiger partial charge in [-0.25, -0.2) is 9.97 Å². The molecule has 0 aliphatic carbocycles. The molecule has 4 aromatic rings. The molecule has 2 aromatic carbocycles. The summed E-state index contributed by atoms with van der Waals surface area (Å²) in [6, 6.07) is 14.7. The fraction of sp³-hybridized carbons (Fsp3) is 0.174. The normalized spacial score (nSPS) is 12.1. The molecule has 0 amide bonds. The molecule has 2 aromatic heterocycles. The van der Waals surface area contributed by atoms with Crippen LogP contribution in [-0.4, -0.2) is 32.6 Å². The Balaban J connectivity index is 1.86. The van der Waals surface area contributed by atoms with Gasteiger partial charge in [-0.1, -0.05) is 42.8 Å². The molecular formula is C23H22ClN5O. The smallest absolute Gasteiger partial charge is 0.165 e. The first-order valence-electron chi connectivity index (χ1n) is 9.76. The highest BCUT2D eigenvalue weighted by Crippen LogP contribution is 2.35. The third-order valence-corrected chi connectivity index (χ3v) is 5.20. The van der Waals surface area contributed by atoms with Gasteiger partial charge >= 0.3 is 0 Å². The molecule has 0 aliphatic rings. The summed E-state index contributed by atoms with van der Waals surface area (Å²) >= 11 is 6.11. The minimum Gasteiger partial charge on any atom is -0.507 e. The van der Waals surface area contributed by atoms with Gasteiger partial charge in [-0.15, -0.1) is 0 Å². The lowest BCUT2D eigenvalue weighted by Crippen LogP contribution is -2.28. The van der Waals surface area contributed by atoms with E-state index in [1.165, 1.54) is 6.07 Å². The van der Waals surface area contributed by atoms with Crippen LogP contribution in [0.5, 0.6) is 5.75 Å². The van der Waals surface area contributed by atoms with E-state index >= 15 is 0 Å². The number of halogens is 1. The first-order valence-corrected chi connectivity index (χ1v) is 10.1. The van der Waals surface area contributed by atoms with Gasteiger partial charge in [0.05, 0.1) is 11.1 Å². The quantitative estimate of drug-likeness (QED) is 0.412. The van der Waals surface area contributed by atoms with Gasteiger partial charge < -0.3 is 16.2 Å². The Bertz CT molecular complexity index is 1190.